The molecule has 1 amide bonds. The molecule has 6 nitrogen and oxygen atoms in total. The van der Waals surface area contributed by atoms with Crippen molar-refractivity contribution in [3.8, 4) is 17.1 Å². The maximum Gasteiger partial charge on any atom is 0.233 e. The number of carbonyl (C=O) groups is 1. The topological polar surface area (TPSA) is 79.9 Å². The third kappa shape index (κ3) is 4.45. The van der Waals surface area contributed by atoms with Gasteiger partial charge in [0.15, 0.2) is 5.82 Å². The second-order valence-electron chi connectivity index (χ2n) is 7.11. The Morgan fingerprint density at radius 1 is 1.24 bits per heavy atom. The minimum atomic E-state index is -0.288. The average Bonchev–Trinajstić information content (AvgIpc) is 3.22. The summed E-state index contributed by atoms with van der Waals surface area (Å²) in [6.45, 7) is 1.89. The zero-order valence-corrected chi connectivity index (χ0v) is 17.3. The molecule has 1 aliphatic carbocycles. The number of nitrogens with zero attached hydrogens (tertiary/aromatic N) is 2. The maximum atomic E-state index is 12.8. The Balaban J connectivity index is 1.39. The Morgan fingerprint density at radius 3 is 2.83 bits per heavy atom. The highest BCUT2D eigenvalue weighted by atomic mass is 32.2. The van der Waals surface area contributed by atoms with E-state index in [9.17, 15) is 4.79 Å². The molecule has 150 valence electrons. The van der Waals surface area contributed by atoms with Gasteiger partial charge in [-0.15, -0.1) is 5.10 Å². The van der Waals surface area contributed by atoms with Crippen LogP contribution in [0.2, 0.25) is 0 Å². The van der Waals surface area contributed by atoms with E-state index in [4.69, 9.17) is 4.74 Å². The minimum Gasteiger partial charge on any atom is -0.497 e. The van der Waals surface area contributed by atoms with Crippen molar-refractivity contribution in [1.29, 1.82) is 0 Å². The summed E-state index contributed by atoms with van der Waals surface area (Å²) < 4.78 is 5.18. The first-order valence-corrected chi connectivity index (χ1v) is 10.6. The highest BCUT2D eigenvalue weighted by molar-refractivity contribution is 8.00. The van der Waals surface area contributed by atoms with Crippen LogP contribution in [0, 0.1) is 0 Å². The van der Waals surface area contributed by atoms with E-state index in [1.54, 1.807) is 7.11 Å². The van der Waals surface area contributed by atoms with Crippen molar-refractivity contribution in [2.75, 3.05) is 7.11 Å². The molecule has 0 bridgehead atoms. The molecule has 0 spiro atoms. The molecule has 0 radical (unpaired) electrons. The van der Waals surface area contributed by atoms with E-state index in [1.807, 2.05) is 37.3 Å². The van der Waals surface area contributed by atoms with E-state index >= 15 is 0 Å². The lowest BCUT2D eigenvalue weighted by Crippen LogP contribution is -2.35. The van der Waals surface area contributed by atoms with Gasteiger partial charge in [-0.05, 0) is 61.6 Å². The van der Waals surface area contributed by atoms with Crippen molar-refractivity contribution in [2.24, 2.45) is 0 Å². The van der Waals surface area contributed by atoms with Crippen molar-refractivity contribution in [1.82, 2.24) is 20.5 Å². The lowest BCUT2D eigenvalue weighted by molar-refractivity contribution is -0.121. The molecule has 4 rings (SSSR count). The third-order valence-corrected chi connectivity index (χ3v) is 6.13. The van der Waals surface area contributed by atoms with Gasteiger partial charge in [-0.1, -0.05) is 36.0 Å². The summed E-state index contributed by atoms with van der Waals surface area (Å²) in [7, 11) is 1.64. The number of hydrogen-bond acceptors (Lipinski definition) is 5. The number of rotatable bonds is 6. The summed E-state index contributed by atoms with van der Waals surface area (Å²) in [6, 6.07) is 16.0. The molecular weight excluding hydrogens is 384 g/mol. The molecule has 3 aromatic rings. The van der Waals surface area contributed by atoms with Gasteiger partial charge in [0.25, 0.3) is 0 Å². The molecule has 1 heterocycles. The number of amides is 1. The first kappa shape index (κ1) is 19.5. The van der Waals surface area contributed by atoms with Gasteiger partial charge in [-0.3, -0.25) is 9.89 Å². The maximum absolute atomic E-state index is 12.8. The predicted octanol–water partition coefficient (Wildman–Crippen LogP) is 4.15. The molecule has 0 aliphatic heterocycles. The summed E-state index contributed by atoms with van der Waals surface area (Å²) in [5, 5.41) is 10.7. The van der Waals surface area contributed by atoms with E-state index in [-0.39, 0.29) is 17.2 Å². The first-order chi connectivity index (χ1) is 14.1. The standard InChI is InChI=1S/C22H24N4O2S/c1-14(21(27)23-19-9-5-7-15-6-3-4-8-18(15)19)29-22-24-20(25-26-22)16-10-12-17(28-2)13-11-16/h3-4,6,8,10-14,19H,5,7,9H2,1-2H3,(H,23,27)(H,24,25,26)/t14-,19-/m0/s1. The Kier molecular flexibility index (Phi) is 5.85. The monoisotopic (exact) mass is 408 g/mol. The third-order valence-electron chi connectivity index (χ3n) is 5.17. The molecule has 2 atom stereocenters. The van der Waals surface area contributed by atoms with Crippen molar-refractivity contribution >= 4 is 17.7 Å². The number of aromatic amines is 1. The molecule has 0 fully saturated rings. The van der Waals surface area contributed by atoms with Crippen LogP contribution in [-0.4, -0.2) is 33.4 Å². The summed E-state index contributed by atoms with van der Waals surface area (Å²) in [5.41, 5.74) is 3.49. The zero-order chi connectivity index (χ0) is 20.2. The number of carbonyl (C=O) groups excluding carboxylic acids is 1. The molecule has 0 saturated carbocycles. The Hall–Kier alpha value is -2.80. The van der Waals surface area contributed by atoms with Gasteiger partial charge in [0, 0.05) is 5.56 Å². The quantitative estimate of drug-likeness (QED) is 0.599. The highest BCUT2D eigenvalue weighted by Gasteiger charge is 2.24. The summed E-state index contributed by atoms with van der Waals surface area (Å²) in [4.78, 5) is 17.3. The van der Waals surface area contributed by atoms with E-state index in [2.05, 4.69) is 38.7 Å². The lowest BCUT2D eigenvalue weighted by atomic mass is 9.88. The van der Waals surface area contributed by atoms with Crippen LogP contribution >= 0.6 is 11.8 Å². The molecular formula is C22H24N4O2S. The number of fused-ring (bicyclic) bond motifs is 1. The SMILES string of the molecule is COc1ccc(-c2nc(S[C@@H](C)C(=O)N[C@H]3CCCc4ccccc43)n[nH]2)cc1. The number of hydrogen-bond donors (Lipinski definition) is 2. The van der Waals surface area contributed by atoms with Gasteiger partial charge >= 0.3 is 0 Å². The Bertz CT molecular complexity index is 986. The molecule has 2 aromatic carbocycles. The van der Waals surface area contributed by atoms with Crippen LogP contribution < -0.4 is 10.1 Å². The van der Waals surface area contributed by atoms with Crippen LogP contribution in [-0.2, 0) is 11.2 Å². The lowest BCUT2D eigenvalue weighted by Gasteiger charge is -2.27. The molecule has 2 N–H and O–H groups in total. The van der Waals surface area contributed by atoms with Gasteiger partial charge in [-0.2, -0.15) is 0 Å². The van der Waals surface area contributed by atoms with Crippen molar-refractivity contribution in [3.63, 3.8) is 0 Å². The van der Waals surface area contributed by atoms with Crippen LogP contribution in [0.25, 0.3) is 11.4 Å². The second kappa shape index (κ2) is 8.69. The molecule has 7 heteroatoms. The van der Waals surface area contributed by atoms with E-state index in [0.717, 1.165) is 30.6 Å². The fourth-order valence-electron chi connectivity index (χ4n) is 3.58. The minimum absolute atomic E-state index is 0.00694. The van der Waals surface area contributed by atoms with Crippen molar-refractivity contribution in [3.05, 3.63) is 59.7 Å². The number of H-pyrrole nitrogens is 1. The van der Waals surface area contributed by atoms with Crippen LogP contribution in [0.1, 0.15) is 36.9 Å². The Morgan fingerprint density at radius 2 is 2.03 bits per heavy atom. The molecule has 0 unspecified atom stereocenters. The molecule has 29 heavy (non-hydrogen) atoms. The normalized spacial score (nSPS) is 16.7. The van der Waals surface area contributed by atoms with Crippen LogP contribution in [0.15, 0.2) is 53.7 Å². The van der Waals surface area contributed by atoms with E-state index in [1.165, 1.54) is 22.9 Å². The van der Waals surface area contributed by atoms with Gasteiger partial charge in [0.1, 0.15) is 5.75 Å². The number of aryl methyl sites for hydroxylation is 1. The van der Waals surface area contributed by atoms with Crippen LogP contribution in [0.4, 0.5) is 0 Å². The fourth-order valence-corrected chi connectivity index (χ4v) is 4.32. The molecule has 0 saturated heterocycles. The smallest absolute Gasteiger partial charge is 0.233 e. The van der Waals surface area contributed by atoms with Gasteiger partial charge in [-0.25, -0.2) is 4.98 Å². The average molecular weight is 409 g/mol. The van der Waals surface area contributed by atoms with Gasteiger partial charge in [0.05, 0.1) is 18.4 Å². The van der Waals surface area contributed by atoms with Crippen molar-refractivity contribution in [2.45, 2.75) is 42.6 Å². The largest absolute Gasteiger partial charge is 0.497 e. The number of aromatic nitrogens is 3. The number of benzene rings is 2. The number of thioether (sulfide) groups is 1. The number of nitrogens with one attached hydrogen (secondary N) is 2. The van der Waals surface area contributed by atoms with E-state index < -0.39 is 0 Å². The van der Waals surface area contributed by atoms with Crippen molar-refractivity contribution < 1.29 is 9.53 Å². The van der Waals surface area contributed by atoms with Crippen LogP contribution in [0.3, 0.4) is 0 Å². The summed E-state index contributed by atoms with van der Waals surface area (Å²) in [6.07, 6.45) is 3.15. The van der Waals surface area contributed by atoms with Gasteiger partial charge < -0.3 is 10.1 Å². The van der Waals surface area contributed by atoms with Crippen LogP contribution in [0.5, 0.6) is 5.75 Å². The van der Waals surface area contributed by atoms with E-state index in [0.29, 0.717) is 11.0 Å². The fraction of sp³-hybridized carbons (Fsp3) is 0.318. The highest BCUT2D eigenvalue weighted by Crippen LogP contribution is 2.30. The second-order valence-corrected chi connectivity index (χ2v) is 8.42. The summed E-state index contributed by atoms with van der Waals surface area (Å²) >= 11 is 1.35. The zero-order valence-electron chi connectivity index (χ0n) is 16.5. The molecule has 1 aromatic heterocycles. The van der Waals surface area contributed by atoms with Gasteiger partial charge in [0.2, 0.25) is 11.1 Å². The number of ether oxygens (including phenoxy) is 1. The molecule has 1 aliphatic rings. The Labute approximate surface area is 174 Å². The predicted molar refractivity (Wildman–Crippen MR) is 114 cm³/mol. The summed E-state index contributed by atoms with van der Waals surface area (Å²) in [5.74, 6) is 1.47. The number of methoxy groups -OCH3 is 1. The first-order valence-electron chi connectivity index (χ1n) is 9.75.